The molecule has 0 aromatic carbocycles. The topological polar surface area (TPSA) is 278 Å². The van der Waals surface area contributed by atoms with E-state index < -0.39 is 105 Å². The molecule has 3 aliphatic heterocycles. The van der Waals surface area contributed by atoms with Gasteiger partial charge in [-0.25, -0.2) is 24.1 Å². The Kier molecular flexibility index (Phi) is 15.8. The molecule has 0 aliphatic carbocycles. The Bertz CT molecular complexity index is 1860. The number of carbonyl (C=O) groups is 4. The Hall–Kier alpha value is -4.53. The zero-order chi connectivity index (χ0) is 44.0. The van der Waals surface area contributed by atoms with Crippen molar-refractivity contribution in [2.45, 2.75) is 128 Å². The number of amides is 2. The van der Waals surface area contributed by atoms with Gasteiger partial charge in [-0.2, -0.15) is 5.26 Å². The minimum atomic E-state index is -1.81. The lowest BCUT2D eigenvalue weighted by molar-refractivity contribution is -0.333. The van der Waals surface area contributed by atoms with Crippen LogP contribution in [-0.4, -0.2) is 177 Å². The minimum absolute atomic E-state index is 0.126. The van der Waals surface area contributed by atoms with E-state index in [2.05, 4.69) is 22.2 Å². The van der Waals surface area contributed by atoms with Crippen molar-refractivity contribution in [3.63, 3.8) is 0 Å². The van der Waals surface area contributed by atoms with Gasteiger partial charge in [-0.1, -0.05) is 20.8 Å². The van der Waals surface area contributed by atoms with Gasteiger partial charge in [-0.15, -0.1) is 0 Å². The number of ether oxygens (including phenoxy) is 6. The lowest BCUT2D eigenvalue weighted by Gasteiger charge is -2.49. The number of aliphatic hydroxyl groups excluding tert-OH is 4. The van der Waals surface area contributed by atoms with Crippen LogP contribution in [0.1, 0.15) is 54.4 Å². The highest BCUT2D eigenvalue weighted by Crippen LogP contribution is 2.34. The van der Waals surface area contributed by atoms with Gasteiger partial charge in [0.2, 0.25) is 11.8 Å². The molecule has 2 aromatic heterocycles. The second-order valence-corrected chi connectivity index (χ2v) is 16.0. The zero-order valence-corrected chi connectivity index (χ0v) is 34.8. The summed E-state index contributed by atoms with van der Waals surface area (Å²) in [6.07, 6.45) is -11.3. The van der Waals surface area contributed by atoms with Gasteiger partial charge in [0, 0.05) is 33.3 Å². The summed E-state index contributed by atoms with van der Waals surface area (Å²) < 4.78 is 35.6. The Morgan fingerprint density at radius 2 is 1.77 bits per heavy atom. The molecule has 2 amide bonds. The molecular weight excluding hydrogens is 790 g/mol. The largest absolute Gasteiger partial charge is 0.460 e. The molecule has 12 atom stereocenters. The molecule has 21 nitrogen and oxygen atoms in total. The van der Waals surface area contributed by atoms with Crippen molar-refractivity contribution in [1.29, 1.82) is 5.26 Å². The second-order valence-electron chi connectivity index (χ2n) is 16.0. The fraction of sp³-hybridized carbons (Fsp3) is 0.718. The number of fused-ring (bicyclic) bond motifs is 1. The highest BCUT2D eigenvalue weighted by Gasteiger charge is 2.54. The first-order valence-electron chi connectivity index (χ1n) is 20.1. The highest BCUT2D eigenvalue weighted by atomic mass is 16.7. The summed E-state index contributed by atoms with van der Waals surface area (Å²) in [6.45, 7) is 9.72. The van der Waals surface area contributed by atoms with Crippen LogP contribution in [0.25, 0.3) is 11.0 Å². The predicted molar refractivity (Wildman–Crippen MR) is 208 cm³/mol. The van der Waals surface area contributed by atoms with Crippen LogP contribution in [0.4, 0.5) is 10.6 Å². The van der Waals surface area contributed by atoms with Gasteiger partial charge < -0.3 is 64.0 Å². The first kappa shape index (κ1) is 46.5. The summed E-state index contributed by atoms with van der Waals surface area (Å²) in [4.78, 5) is 63.9. The van der Waals surface area contributed by atoms with Crippen molar-refractivity contribution >= 4 is 40.7 Å². The monoisotopic (exact) mass is 847 g/mol. The quantitative estimate of drug-likeness (QED) is 0.118. The Balaban J connectivity index is 1.25. The molecule has 0 bridgehead atoms. The van der Waals surface area contributed by atoms with Crippen molar-refractivity contribution in [2.24, 2.45) is 11.8 Å². The van der Waals surface area contributed by atoms with Crippen LogP contribution in [0, 0.1) is 23.2 Å². The molecule has 0 saturated carbocycles. The van der Waals surface area contributed by atoms with Crippen LogP contribution >= 0.6 is 0 Å². The molecule has 3 aliphatic rings. The van der Waals surface area contributed by atoms with Gasteiger partial charge in [-0.05, 0) is 38.2 Å². The number of nitrogens with zero attached hydrogens (tertiary/aromatic N) is 6. The molecule has 3 fully saturated rings. The number of anilines is 1. The fourth-order valence-electron chi connectivity index (χ4n) is 7.93. The Morgan fingerprint density at radius 1 is 1.05 bits per heavy atom. The van der Waals surface area contributed by atoms with Crippen LogP contribution in [0.2, 0.25) is 0 Å². The van der Waals surface area contributed by atoms with E-state index >= 15 is 0 Å². The minimum Gasteiger partial charge on any atom is -0.460 e. The maximum absolute atomic E-state index is 13.5. The first-order chi connectivity index (χ1) is 28.5. The molecule has 21 heteroatoms. The third kappa shape index (κ3) is 10.3. The maximum atomic E-state index is 13.5. The number of nitriles is 1. The van der Waals surface area contributed by atoms with E-state index in [1.54, 1.807) is 38.7 Å². The average Bonchev–Trinajstić information content (AvgIpc) is 3.64. The van der Waals surface area contributed by atoms with Crippen molar-refractivity contribution in [1.82, 2.24) is 24.8 Å². The standard InChI is InChI=1S/C39H57N7O14/c1-19(2)31-27(43-22(6)48)32(28(50)25(17-47)58-31)59-38-30(52)29(51)33(57-20(3)4)34(60-38)37(53)55-14-15-56-39(54)46-13-10-23-35(41-18-42-36(23)46)44(7)24-16-45(12-9-21(24)5)26(49)8-11-40/h10,13,18-21,24-25,27-34,38,47,50-52H,8-9,12,14-17H2,1-7H3,(H,43,48)/t21-,24+,25?,27?,28?,29?,30?,31?,32?,33?,34?,38?/m1/s1. The number of nitrogens with one attached hydrogen (secondary N) is 1. The van der Waals surface area contributed by atoms with Gasteiger partial charge in [0.25, 0.3) is 0 Å². The molecular formula is C39H57N7O14. The van der Waals surface area contributed by atoms with E-state index in [1.165, 1.54) is 24.0 Å². The molecule has 0 radical (unpaired) electrons. The fourth-order valence-corrected chi connectivity index (χ4v) is 7.93. The molecule has 5 heterocycles. The Morgan fingerprint density at radius 3 is 2.42 bits per heavy atom. The van der Waals surface area contributed by atoms with Crippen LogP contribution < -0.4 is 10.2 Å². The summed E-state index contributed by atoms with van der Waals surface area (Å²) in [5.41, 5.74) is 0.248. The predicted octanol–water partition coefficient (Wildman–Crippen LogP) is -0.547. The maximum Gasteiger partial charge on any atom is 0.419 e. The van der Waals surface area contributed by atoms with E-state index in [0.29, 0.717) is 24.3 Å². The van der Waals surface area contributed by atoms with Crippen LogP contribution in [0.5, 0.6) is 0 Å². The molecule has 0 spiro atoms. The third-order valence-electron chi connectivity index (χ3n) is 11.0. The third-order valence-corrected chi connectivity index (χ3v) is 11.0. The van der Waals surface area contributed by atoms with Crippen molar-refractivity contribution < 1.29 is 68.0 Å². The zero-order valence-electron chi connectivity index (χ0n) is 34.8. The average molecular weight is 848 g/mol. The van der Waals surface area contributed by atoms with Gasteiger partial charge >= 0.3 is 12.1 Å². The number of esters is 1. The molecule has 10 unspecified atom stereocenters. The lowest BCUT2D eigenvalue weighted by Crippen LogP contribution is -2.68. The number of likely N-dealkylation sites (tertiary alicyclic amines) is 1. The van der Waals surface area contributed by atoms with Crippen molar-refractivity contribution in [3.8, 4) is 6.07 Å². The van der Waals surface area contributed by atoms with E-state index in [9.17, 15) is 39.6 Å². The molecule has 2 aromatic rings. The number of hydrogen-bond donors (Lipinski definition) is 5. The summed E-state index contributed by atoms with van der Waals surface area (Å²) in [7, 11) is 1.84. The highest BCUT2D eigenvalue weighted by molar-refractivity contribution is 5.93. The molecule has 3 saturated heterocycles. The number of aromatic nitrogens is 3. The number of likely N-dealkylation sites (N-methyl/N-ethyl adjacent to an activating group) is 1. The summed E-state index contributed by atoms with van der Waals surface area (Å²) in [5, 5.41) is 55.7. The van der Waals surface area contributed by atoms with Crippen molar-refractivity contribution in [3.05, 3.63) is 18.6 Å². The van der Waals surface area contributed by atoms with E-state index in [4.69, 9.17) is 33.7 Å². The SMILES string of the molecule is CC(=O)NC1C(C(C)C)OC(CO)C(O)C1OC1OC(C(=O)OCCOC(=O)n2ccc3c(N(C)[C@H]4CN(C(=O)CC#N)CC[C@H]4C)ncnc32)C(OC(C)C)C(O)C1O. The summed E-state index contributed by atoms with van der Waals surface area (Å²) >= 11 is 0. The van der Waals surface area contributed by atoms with E-state index in [1.807, 2.05) is 18.0 Å². The van der Waals surface area contributed by atoms with Gasteiger partial charge in [0.05, 0.1) is 42.4 Å². The smallest absolute Gasteiger partial charge is 0.419 e. The second kappa shape index (κ2) is 20.4. The normalized spacial score (nSPS) is 30.8. The van der Waals surface area contributed by atoms with E-state index in [0.717, 1.165) is 6.42 Å². The number of piperidine rings is 1. The Labute approximate surface area is 347 Å². The molecule has 60 heavy (non-hydrogen) atoms. The van der Waals surface area contributed by atoms with Crippen LogP contribution in [-0.2, 0) is 42.8 Å². The van der Waals surface area contributed by atoms with Crippen LogP contribution in [0.3, 0.4) is 0 Å². The first-order valence-corrected chi connectivity index (χ1v) is 20.1. The lowest BCUT2D eigenvalue weighted by atomic mass is 9.87. The molecule has 332 valence electrons. The van der Waals surface area contributed by atoms with Crippen LogP contribution in [0.15, 0.2) is 18.6 Å². The summed E-state index contributed by atoms with van der Waals surface area (Å²) in [6, 6.07) is 2.45. The number of aliphatic hydroxyl groups is 4. The van der Waals surface area contributed by atoms with Gasteiger partial charge in [0.15, 0.2) is 18.0 Å². The molecule has 5 N–H and O–H groups in total. The number of carbonyl (C=O) groups excluding carboxylic acids is 4. The summed E-state index contributed by atoms with van der Waals surface area (Å²) in [5.74, 6) is -1.28. The van der Waals surface area contributed by atoms with Crippen molar-refractivity contribution in [2.75, 3.05) is 44.9 Å². The molecule has 5 rings (SSSR count). The van der Waals surface area contributed by atoms with E-state index in [-0.39, 0.29) is 35.9 Å². The van der Waals surface area contributed by atoms with Gasteiger partial charge in [-0.3, -0.25) is 9.59 Å². The van der Waals surface area contributed by atoms with Gasteiger partial charge in [0.1, 0.15) is 68.4 Å². The number of rotatable bonds is 14. The number of hydrogen-bond acceptors (Lipinski definition) is 18.